The Morgan fingerprint density at radius 3 is 1.48 bits per heavy atom. The van der Waals surface area contributed by atoms with E-state index in [1.165, 1.54) is 60.7 Å². The molecular weight excluding hydrogens is 396 g/mol. The number of carboxylic acid groups (broad SMARTS) is 2. The molecule has 1 aliphatic heterocycles. The Hall–Kier alpha value is -4.03. The fraction of sp³-hybridized carbons (Fsp3) is 0. The van der Waals surface area contributed by atoms with Crippen molar-refractivity contribution in [3.05, 3.63) is 82.9 Å². The third kappa shape index (κ3) is 3.83. The quantitative estimate of drug-likeness (QED) is 0.740. The van der Waals surface area contributed by atoms with Gasteiger partial charge in [0.1, 0.15) is 0 Å². The number of aliphatic imine (C=N–C) groups is 1. The molecule has 0 fully saturated rings. The first-order valence-electron chi connectivity index (χ1n) is 8.07. The molecule has 2 N–H and O–H groups in total. The molecule has 0 atom stereocenters. The van der Waals surface area contributed by atoms with Crippen LogP contribution in [0.4, 0.5) is 0 Å². The number of nitriles is 1. The summed E-state index contributed by atoms with van der Waals surface area (Å²) in [5.41, 5.74) is 0.542. The zero-order valence-corrected chi connectivity index (χ0v) is 15.4. The first kappa shape index (κ1) is 19.7. The Kier molecular flexibility index (Phi) is 5.12. The summed E-state index contributed by atoms with van der Waals surface area (Å²) in [5, 5.41) is 26.9. The van der Waals surface area contributed by atoms with Crippen molar-refractivity contribution in [2.75, 3.05) is 0 Å². The van der Waals surface area contributed by atoms with E-state index in [9.17, 15) is 18.0 Å². The van der Waals surface area contributed by atoms with Crippen LogP contribution < -0.4 is 0 Å². The van der Waals surface area contributed by atoms with Gasteiger partial charge in [-0.25, -0.2) is 18.0 Å². The Bertz CT molecular complexity index is 1160. The van der Waals surface area contributed by atoms with Gasteiger partial charge in [0, 0.05) is 0 Å². The molecule has 0 saturated carbocycles. The molecule has 2 aromatic carbocycles. The van der Waals surface area contributed by atoms with Gasteiger partial charge in [0.15, 0.2) is 0 Å². The second-order valence-corrected chi connectivity index (χ2v) is 7.81. The largest absolute Gasteiger partial charge is 0.478 e. The van der Waals surface area contributed by atoms with Crippen molar-refractivity contribution in [2.24, 2.45) is 4.99 Å². The molecule has 8 nitrogen and oxygen atoms in total. The number of hydrogen-bond acceptors (Lipinski definition) is 6. The highest BCUT2D eigenvalue weighted by molar-refractivity contribution is 8.09. The number of aromatic carboxylic acids is 2. The second kappa shape index (κ2) is 7.53. The third-order valence-corrected chi connectivity index (χ3v) is 6.01. The molecule has 0 aromatic heterocycles. The monoisotopic (exact) mass is 408 g/mol. The highest BCUT2D eigenvalue weighted by atomic mass is 32.2. The number of benzene rings is 2. The summed E-state index contributed by atoms with van der Waals surface area (Å²) in [5.74, 6) is -2.30. The molecule has 9 heteroatoms. The lowest BCUT2D eigenvalue weighted by atomic mass is 10.1. The predicted molar refractivity (Wildman–Crippen MR) is 105 cm³/mol. The SMILES string of the molecule is N#CN=C1C=C(c2ccc(C(=O)O)cc2)S(=O)(=O)C(c2ccc(C(=O)O)cc2)=C1. The molecule has 3 rings (SSSR count). The Morgan fingerprint density at radius 2 is 1.17 bits per heavy atom. The first-order valence-corrected chi connectivity index (χ1v) is 9.55. The number of hydrogen-bond donors (Lipinski definition) is 2. The molecule has 0 radical (unpaired) electrons. The zero-order chi connectivity index (χ0) is 21.2. The minimum Gasteiger partial charge on any atom is -0.478 e. The minimum atomic E-state index is -4.05. The van der Waals surface area contributed by atoms with E-state index in [0.717, 1.165) is 0 Å². The molecule has 0 spiro atoms. The first-order chi connectivity index (χ1) is 13.7. The number of sulfone groups is 1. The van der Waals surface area contributed by atoms with Crippen LogP contribution in [0.15, 0.2) is 65.7 Å². The van der Waals surface area contributed by atoms with Gasteiger partial charge in [0.25, 0.3) is 0 Å². The molecule has 0 saturated heterocycles. The number of rotatable bonds is 4. The highest BCUT2D eigenvalue weighted by Crippen LogP contribution is 2.36. The Labute approximate surface area is 165 Å². The summed E-state index contributed by atoms with van der Waals surface area (Å²) in [6.07, 6.45) is 4.06. The van der Waals surface area contributed by atoms with Crippen LogP contribution in [0.2, 0.25) is 0 Å². The lowest BCUT2D eigenvalue weighted by molar-refractivity contribution is 0.0686. The molecule has 1 aliphatic rings. The van der Waals surface area contributed by atoms with Gasteiger partial charge in [-0.2, -0.15) is 10.3 Å². The number of nitrogens with zero attached hydrogens (tertiary/aromatic N) is 2. The van der Waals surface area contributed by atoms with Crippen LogP contribution in [-0.4, -0.2) is 36.3 Å². The number of allylic oxidation sites excluding steroid dienone is 2. The second-order valence-electron chi connectivity index (χ2n) is 5.92. The maximum absolute atomic E-state index is 13.2. The smallest absolute Gasteiger partial charge is 0.335 e. The molecule has 0 bridgehead atoms. The molecule has 29 heavy (non-hydrogen) atoms. The van der Waals surface area contributed by atoms with Crippen molar-refractivity contribution in [3.8, 4) is 6.19 Å². The summed E-state index contributed by atoms with van der Waals surface area (Å²) in [7, 11) is -4.05. The van der Waals surface area contributed by atoms with E-state index in [4.69, 9.17) is 15.5 Å². The minimum absolute atomic E-state index is 0.00602. The van der Waals surface area contributed by atoms with E-state index >= 15 is 0 Å². The fourth-order valence-corrected chi connectivity index (χ4v) is 4.42. The van der Waals surface area contributed by atoms with Crippen LogP contribution in [-0.2, 0) is 9.84 Å². The van der Waals surface area contributed by atoms with Crippen LogP contribution in [0, 0.1) is 11.5 Å². The predicted octanol–water partition coefficient (Wildman–Crippen LogP) is 2.82. The average Bonchev–Trinajstić information content (AvgIpc) is 2.69. The molecular formula is C20H12N2O6S. The lowest BCUT2D eigenvalue weighted by Crippen LogP contribution is -2.14. The van der Waals surface area contributed by atoms with Crippen molar-refractivity contribution in [1.82, 2.24) is 0 Å². The van der Waals surface area contributed by atoms with Gasteiger partial charge in [-0.3, -0.25) is 0 Å². The van der Waals surface area contributed by atoms with E-state index < -0.39 is 21.8 Å². The van der Waals surface area contributed by atoms with Crippen LogP contribution in [0.25, 0.3) is 9.81 Å². The van der Waals surface area contributed by atoms with E-state index in [1.807, 2.05) is 0 Å². The Morgan fingerprint density at radius 1 is 0.793 bits per heavy atom. The van der Waals surface area contributed by atoms with Gasteiger partial charge in [0.2, 0.25) is 16.0 Å². The summed E-state index contributed by atoms with van der Waals surface area (Å²) in [6.45, 7) is 0. The third-order valence-electron chi connectivity index (χ3n) is 4.15. The van der Waals surface area contributed by atoms with E-state index in [2.05, 4.69) is 4.99 Å². The van der Waals surface area contributed by atoms with Crippen LogP contribution in [0.3, 0.4) is 0 Å². The van der Waals surface area contributed by atoms with Gasteiger partial charge in [-0.15, -0.1) is 0 Å². The average molecular weight is 408 g/mol. The standard InChI is InChI=1S/C20H12N2O6S/c21-11-22-16-9-17(12-1-5-14(6-2-12)19(23)24)29(27,28)18(10-16)13-3-7-15(8-4-13)20(25)26/h1-10H,(H,23,24)(H,25,26). The summed E-state index contributed by atoms with van der Waals surface area (Å²) >= 11 is 0. The van der Waals surface area contributed by atoms with Gasteiger partial charge in [0.05, 0.1) is 26.6 Å². The summed E-state index contributed by atoms with van der Waals surface area (Å²) in [6, 6.07) is 10.5. The van der Waals surface area contributed by atoms with Crippen molar-refractivity contribution >= 4 is 37.3 Å². The van der Waals surface area contributed by atoms with E-state index in [0.29, 0.717) is 0 Å². The molecule has 0 amide bonds. The van der Waals surface area contributed by atoms with Crippen LogP contribution >= 0.6 is 0 Å². The van der Waals surface area contributed by atoms with Crippen molar-refractivity contribution in [3.63, 3.8) is 0 Å². The van der Waals surface area contributed by atoms with Gasteiger partial charge >= 0.3 is 11.9 Å². The lowest BCUT2D eigenvalue weighted by Gasteiger charge is -2.17. The highest BCUT2D eigenvalue weighted by Gasteiger charge is 2.30. The molecule has 0 aliphatic carbocycles. The zero-order valence-electron chi connectivity index (χ0n) is 14.6. The molecule has 1 heterocycles. The van der Waals surface area contributed by atoms with E-state index in [1.54, 1.807) is 6.19 Å². The maximum Gasteiger partial charge on any atom is 0.335 e. The normalized spacial score (nSPS) is 14.9. The van der Waals surface area contributed by atoms with Gasteiger partial charge in [-0.05, 0) is 47.5 Å². The van der Waals surface area contributed by atoms with Crippen molar-refractivity contribution in [1.29, 1.82) is 5.26 Å². The summed E-state index contributed by atoms with van der Waals surface area (Å²) in [4.78, 5) is 25.4. The maximum atomic E-state index is 13.2. The van der Waals surface area contributed by atoms with Gasteiger partial charge < -0.3 is 10.2 Å². The van der Waals surface area contributed by atoms with Crippen LogP contribution in [0.1, 0.15) is 31.8 Å². The van der Waals surface area contributed by atoms with E-state index in [-0.39, 0.29) is 37.8 Å². The van der Waals surface area contributed by atoms with Gasteiger partial charge in [-0.1, -0.05) is 24.3 Å². The molecule has 2 aromatic rings. The topological polar surface area (TPSA) is 145 Å². The number of carboxylic acids is 2. The number of carbonyl (C=O) groups is 2. The summed E-state index contributed by atoms with van der Waals surface area (Å²) < 4.78 is 26.4. The molecule has 144 valence electrons. The van der Waals surface area contributed by atoms with Crippen molar-refractivity contribution in [2.45, 2.75) is 0 Å². The van der Waals surface area contributed by atoms with Crippen molar-refractivity contribution < 1.29 is 28.2 Å². The Balaban J connectivity index is 2.14. The molecule has 0 unspecified atom stereocenters. The van der Waals surface area contributed by atoms with Crippen LogP contribution in [0.5, 0.6) is 0 Å². The fourth-order valence-electron chi connectivity index (χ4n) is 2.74.